The van der Waals surface area contributed by atoms with Crippen LogP contribution in [0.25, 0.3) is 0 Å². The Kier molecular flexibility index (Phi) is 7.55. The summed E-state index contributed by atoms with van der Waals surface area (Å²) in [5, 5.41) is 2.87. The molecule has 0 atom stereocenters. The second-order valence-electron chi connectivity index (χ2n) is 5.62. The van der Waals surface area contributed by atoms with E-state index < -0.39 is 0 Å². The lowest BCUT2D eigenvalue weighted by Crippen LogP contribution is -2.44. The highest BCUT2D eigenvalue weighted by Gasteiger charge is 2.14. The minimum Gasteiger partial charge on any atom is -0.492 e. The zero-order valence-electron chi connectivity index (χ0n) is 14.1. The molecule has 1 amide bonds. The molecule has 1 aromatic rings. The summed E-state index contributed by atoms with van der Waals surface area (Å²) in [4.78, 5) is 16.2. The monoisotopic (exact) mass is 337 g/mol. The van der Waals surface area contributed by atoms with Crippen molar-refractivity contribution in [2.75, 3.05) is 62.8 Å². The van der Waals surface area contributed by atoms with E-state index in [1.54, 1.807) is 11.8 Å². The van der Waals surface area contributed by atoms with Crippen LogP contribution in [0.2, 0.25) is 0 Å². The molecular formula is C17H27N3O2S. The summed E-state index contributed by atoms with van der Waals surface area (Å²) in [6.07, 6.45) is 0. The Morgan fingerprint density at radius 3 is 2.83 bits per heavy atom. The number of nitrogens with one attached hydrogen (secondary N) is 1. The first-order chi connectivity index (χ1) is 11.2. The molecule has 1 aliphatic rings. The van der Waals surface area contributed by atoms with E-state index in [0.29, 0.717) is 18.9 Å². The van der Waals surface area contributed by atoms with Gasteiger partial charge in [-0.1, -0.05) is 13.0 Å². The number of amides is 1. The number of ether oxygens (including phenoxy) is 1. The van der Waals surface area contributed by atoms with E-state index in [0.717, 1.165) is 37.7 Å². The average molecular weight is 337 g/mol. The third-order valence-corrected chi connectivity index (χ3v) is 4.69. The smallest absolute Gasteiger partial charge is 0.230 e. The number of hydrogen-bond acceptors (Lipinski definition) is 5. The van der Waals surface area contributed by atoms with Crippen molar-refractivity contribution in [2.45, 2.75) is 6.92 Å². The number of piperazine rings is 1. The zero-order valence-corrected chi connectivity index (χ0v) is 14.9. The Balaban J connectivity index is 1.73. The fourth-order valence-corrected chi connectivity index (χ4v) is 2.93. The molecule has 23 heavy (non-hydrogen) atoms. The summed E-state index contributed by atoms with van der Waals surface area (Å²) in [6, 6.07) is 8.20. The fourth-order valence-electron chi connectivity index (χ4n) is 2.44. The molecule has 0 spiro atoms. The summed E-state index contributed by atoms with van der Waals surface area (Å²) in [6.45, 7) is 7.36. The summed E-state index contributed by atoms with van der Waals surface area (Å²) in [7, 11) is 2.16. The first kappa shape index (κ1) is 17.9. The van der Waals surface area contributed by atoms with Crippen molar-refractivity contribution >= 4 is 23.4 Å². The first-order valence-electron chi connectivity index (χ1n) is 8.20. The van der Waals surface area contributed by atoms with Crippen LogP contribution >= 0.6 is 11.8 Å². The lowest BCUT2D eigenvalue weighted by Gasteiger charge is -2.34. The Hall–Kier alpha value is -1.40. The van der Waals surface area contributed by atoms with Gasteiger partial charge in [-0.05, 0) is 24.9 Å². The number of carbonyl (C=O) groups is 1. The van der Waals surface area contributed by atoms with Crippen LogP contribution in [0.3, 0.4) is 0 Å². The van der Waals surface area contributed by atoms with Crippen LogP contribution in [-0.4, -0.2) is 68.7 Å². The van der Waals surface area contributed by atoms with Crippen molar-refractivity contribution in [3.8, 4) is 5.75 Å². The van der Waals surface area contributed by atoms with Crippen molar-refractivity contribution in [2.24, 2.45) is 0 Å². The maximum Gasteiger partial charge on any atom is 0.230 e. The number of benzene rings is 1. The van der Waals surface area contributed by atoms with Gasteiger partial charge < -0.3 is 19.9 Å². The van der Waals surface area contributed by atoms with Crippen LogP contribution in [-0.2, 0) is 4.79 Å². The van der Waals surface area contributed by atoms with Crippen LogP contribution in [0.4, 0.5) is 5.69 Å². The highest BCUT2D eigenvalue weighted by Crippen LogP contribution is 2.22. The van der Waals surface area contributed by atoms with Crippen molar-refractivity contribution in [1.29, 1.82) is 0 Å². The molecular weight excluding hydrogens is 310 g/mol. The van der Waals surface area contributed by atoms with Crippen LogP contribution in [0.1, 0.15) is 6.92 Å². The molecule has 1 saturated heterocycles. The summed E-state index contributed by atoms with van der Waals surface area (Å²) in [5.41, 5.74) is 1.21. The van der Waals surface area contributed by atoms with Crippen molar-refractivity contribution in [1.82, 2.24) is 10.2 Å². The van der Waals surface area contributed by atoms with Gasteiger partial charge in [0.05, 0.1) is 12.3 Å². The second kappa shape index (κ2) is 9.67. The normalized spacial score (nSPS) is 15.5. The zero-order chi connectivity index (χ0) is 16.5. The van der Waals surface area contributed by atoms with Crippen LogP contribution in [0, 0.1) is 0 Å². The molecule has 0 aromatic heterocycles. The molecule has 0 unspecified atom stereocenters. The highest BCUT2D eigenvalue weighted by atomic mass is 32.2. The number of carbonyl (C=O) groups excluding carboxylic acids is 1. The van der Waals surface area contributed by atoms with Crippen LogP contribution < -0.4 is 15.0 Å². The minimum atomic E-state index is 0.0756. The SMILES string of the molecule is CCSCC(=O)NCCOc1cccc(N2CCN(C)CC2)c1. The minimum absolute atomic E-state index is 0.0756. The molecule has 0 bridgehead atoms. The number of rotatable bonds is 8. The Morgan fingerprint density at radius 1 is 1.30 bits per heavy atom. The molecule has 6 heteroatoms. The topological polar surface area (TPSA) is 44.8 Å². The summed E-state index contributed by atoms with van der Waals surface area (Å²) >= 11 is 1.63. The van der Waals surface area contributed by atoms with Gasteiger partial charge in [-0.2, -0.15) is 11.8 Å². The largest absolute Gasteiger partial charge is 0.492 e. The van der Waals surface area contributed by atoms with E-state index >= 15 is 0 Å². The van der Waals surface area contributed by atoms with Crippen molar-refractivity contribution < 1.29 is 9.53 Å². The second-order valence-corrected chi connectivity index (χ2v) is 6.90. The Labute approximate surface area is 143 Å². The maximum atomic E-state index is 11.5. The number of thioether (sulfide) groups is 1. The van der Waals surface area contributed by atoms with Crippen LogP contribution in [0.15, 0.2) is 24.3 Å². The summed E-state index contributed by atoms with van der Waals surface area (Å²) < 4.78 is 5.75. The van der Waals surface area contributed by atoms with Gasteiger partial charge in [0.15, 0.2) is 0 Å². The van der Waals surface area contributed by atoms with E-state index in [1.807, 2.05) is 12.1 Å². The van der Waals surface area contributed by atoms with E-state index in [-0.39, 0.29) is 5.91 Å². The fraction of sp³-hybridized carbons (Fsp3) is 0.588. The van der Waals surface area contributed by atoms with E-state index in [4.69, 9.17) is 4.74 Å². The standard InChI is InChI=1S/C17H27N3O2S/c1-3-23-14-17(21)18-7-12-22-16-6-4-5-15(13-16)20-10-8-19(2)9-11-20/h4-6,13H,3,7-12,14H2,1-2H3,(H,18,21). The molecule has 1 aliphatic heterocycles. The van der Waals surface area contributed by atoms with E-state index in [2.05, 4.69) is 41.2 Å². The third-order valence-electron chi connectivity index (χ3n) is 3.82. The maximum absolute atomic E-state index is 11.5. The lowest BCUT2D eigenvalue weighted by molar-refractivity contribution is -0.118. The van der Waals surface area contributed by atoms with Crippen LogP contribution in [0.5, 0.6) is 5.75 Å². The lowest BCUT2D eigenvalue weighted by atomic mass is 10.2. The predicted octanol–water partition coefficient (Wildman–Crippen LogP) is 1.69. The molecule has 1 fully saturated rings. The molecule has 5 nitrogen and oxygen atoms in total. The van der Waals surface area contributed by atoms with Gasteiger partial charge in [0.1, 0.15) is 12.4 Å². The van der Waals surface area contributed by atoms with Gasteiger partial charge >= 0.3 is 0 Å². The predicted molar refractivity (Wildman–Crippen MR) is 97.7 cm³/mol. The molecule has 0 aliphatic carbocycles. The van der Waals surface area contributed by atoms with Gasteiger partial charge in [-0.25, -0.2) is 0 Å². The van der Waals surface area contributed by atoms with Crippen molar-refractivity contribution in [3.63, 3.8) is 0 Å². The number of likely N-dealkylation sites (N-methyl/N-ethyl adjacent to an activating group) is 1. The molecule has 2 rings (SSSR count). The van der Waals surface area contributed by atoms with E-state index in [9.17, 15) is 4.79 Å². The summed E-state index contributed by atoms with van der Waals surface area (Å²) in [5.74, 6) is 2.42. The number of hydrogen-bond donors (Lipinski definition) is 1. The van der Waals surface area contributed by atoms with Gasteiger partial charge in [-0.15, -0.1) is 0 Å². The highest BCUT2D eigenvalue weighted by molar-refractivity contribution is 7.99. The molecule has 1 aromatic carbocycles. The average Bonchev–Trinajstić information content (AvgIpc) is 2.58. The molecule has 1 heterocycles. The van der Waals surface area contributed by atoms with Gasteiger partial charge in [0.2, 0.25) is 5.91 Å². The Bertz CT molecular complexity index is 490. The molecule has 1 N–H and O–H groups in total. The van der Waals surface area contributed by atoms with Gasteiger partial charge in [0, 0.05) is 37.9 Å². The van der Waals surface area contributed by atoms with Crippen molar-refractivity contribution in [3.05, 3.63) is 24.3 Å². The third kappa shape index (κ3) is 6.31. The first-order valence-corrected chi connectivity index (χ1v) is 9.35. The number of nitrogens with zero attached hydrogens (tertiary/aromatic N) is 2. The van der Waals surface area contributed by atoms with Gasteiger partial charge in [0.25, 0.3) is 0 Å². The Morgan fingerprint density at radius 2 is 2.09 bits per heavy atom. The molecule has 0 saturated carbocycles. The van der Waals surface area contributed by atoms with Gasteiger partial charge in [-0.3, -0.25) is 4.79 Å². The molecule has 128 valence electrons. The molecule has 0 radical (unpaired) electrons. The quantitative estimate of drug-likeness (QED) is 0.732. The van der Waals surface area contributed by atoms with E-state index in [1.165, 1.54) is 5.69 Å². The number of anilines is 1.